The monoisotopic (exact) mass is 342 g/mol. The molecule has 2 aromatic heterocycles. The Morgan fingerprint density at radius 2 is 1.96 bits per heavy atom. The second-order valence-corrected chi connectivity index (χ2v) is 7.15. The Morgan fingerprint density at radius 3 is 2.72 bits per heavy atom. The summed E-state index contributed by atoms with van der Waals surface area (Å²) >= 11 is 0. The summed E-state index contributed by atoms with van der Waals surface area (Å²) in [7, 11) is 0. The number of nitrogens with zero attached hydrogens (tertiary/aromatic N) is 4. The lowest BCUT2D eigenvalue weighted by Crippen LogP contribution is -2.41. The van der Waals surface area contributed by atoms with Gasteiger partial charge in [0, 0.05) is 44.0 Å². The molecular weight excluding hydrogens is 312 g/mol. The molecule has 0 saturated carbocycles. The minimum Gasteiger partial charge on any atom is -0.369 e. The molecule has 1 aliphatic heterocycles. The van der Waals surface area contributed by atoms with Crippen LogP contribution in [0.25, 0.3) is 11.2 Å². The van der Waals surface area contributed by atoms with Crippen LogP contribution < -0.4 is 4.90 Å². The van der Waals surface area contributed by atoms with Crippen molar-refractivity contribution < 1.29 is 4.79 Å². The zero-order valence-corrected chi connectivity index (χ0v) is 14.8. The van der Waals surface area contributed by atoms with Crippen molar-refractivity contribution in [3.05, 3.63) is 24.7 Å². The average Bonchev–Trinajstić information content (AvgIpc) is 2.60. The summed E-state index contributed by atoms with van der Waals surface area (Å²) in [5.74, 6) is 1.54. The van der Waals surface area contributed by atoms with E-state index in [9.17, 15) is 4.79 Å². The van der Waals surface area contributed by atoms with Crippen molar-refractivity contribution in [3.8, 4) is 0 Å². The van der Waals surface area contributed by atoms with Crippen LogP contribution in [0.5, 0.6) is 0 Å². The molecule has 5 nitrogen and oxygen atoms in total. The third-order valence-electron chi connectivity index (χ3n) is 5.09. The molecule has 0 amide bonds. The average molecular weight is 342 g/mol. The van der Waals surface area contributed by atoms with E-state index in [4.69, 9.17) is 0 Å². The van der Waals surface area contributed by atoms with Crippen LogP contribution in [-0.4, -0.2) is 33.8 Å². The summed E-state index contributed by atoms with van der Waals surface area (Å²) in [4.78, 5) is 27.8. The van der Waals surface area contributed by atoms with Crippen LogP contribution in [0.3, 0.4) is 0 Å². The molecule has 3 atom stereocenters. The van der Waals surface area contributed by atoms with Gasteiger partial charge in [0.2, 0.25) is 0 Å². The summed E-state index contributed by atoms with van der Waals surface area (Å²) in [6.07, 6.45) is 7.91. The lowest BCUT2D eigenvalue weighted by molar-refractivity contribution is -0.123. The number of aromatic nitrogens is 3. The van der Waals surface area contributed by atoms with E-state index in [1.54, 1.807) is 18.6 Å². The summed E-state index contributed by atoms with van der Waals surface area (Å²) in [5, 5.41) is 0. The van der Waals surface area contributed by atoms with Gasteiger partial charge in [-0.25, -0.2) is 15.0 Å². The molecule has 1 fully saturated rings. The number of hydrogen-bond acceptors (Lipinski definition) is 5. The molecule has 1 saturated heterocycles. The molecule has 2 aromatic rings. The minimum absolute atomic E-state index is 0. The normalized spacial score (nSPS) is 21.6. The lowest BCUT2D eigenvalue weighted by Gasteiger charge is -2.38. The van der Waals surface area contributed by atoms with Crippen LogP contribution in [0.2, 0.25) is 0 Å². The van der Waals surface area contributed by atoms with Gasteiger partial charge in [-0.15, -0.1) is 0 Å². The summed E-state index contributed by atoms with van der Waals surface area (Å²) in [5.41, 5.74) is 2.61. The van der Waals surface area contributed by atoms with Crippen molar-refractivity contribution >= 4 is 22.6 Å². The number of carbonyl (C=O) groups excluding carboxylic acids is 1. The van der Waals surface area contributed by atoms with Gasteiger partial charge in [-0.2, -0.15) is 0 Å². The van der Waals surface area contributed by atoms with Crippen molar-refractivity contribution in [1.82, 2.24) is 15.0 Å². The highest BCUT2D eigenvalue weighted by molar-refractivity contribution is 5.85. The predicted octanol–water partition coefficient (Wildman–Crippen LogP) is 4.13. The second-order valence-electron chi connectivity index (χ2n) is 7.15. The fourth-order valence-corrected chi connectivity index (χ4v) is 3.66. The van der Waals surface area contributed by atoms with Gasteiger partial charge in [0.05, 0.1) is 5.69 Å². The maximum absolute atomic E-state index is 12.4. The van der Waals surface area contributed by atoms with Gasteiger partial charge in [0.25, 0.3) is 0 Å². The summed E-state index contributed by atoms with van der Waals surface area (Å²) in [6, 6.07) is 2.02. The third-order valence-corrected chi connectivity index (χ3v) is 5.09. The Labute approximate surface area is 150 Å². The SMILES string of the molecule is C.CCC(C)C(=O)C[C@@H]1C[C@H](C)CN(c2ccnc3nccnc23)C1. The largest absolute Gasteiger partial charge is 0.369 e. The van der Waals surface area contributed by atoms with E-state index < -0.39 is 0 Å². The number of fused-ring (bicyclic) bond motifs is 1. The van der Waals surface area contributed by atoms with Gasteiger partial charge in [-0.1, -0.05) is 28.2 Å². The Bertz CT molecular complexity index is 712. The minimum atomic E-state index is 0. The number of hydrogen-bond donors (Lipinski definition) is 0. The zero-order valence-electron chi connectivity index (χ0n) is 14.8. The van der Waals surface area contributed by atoms with E-state index in [0.29, 0.717) is 29.7 Å². The number of rotatable bonds is 5. The molecule has 0 bridgehead atoms. The Hall–Kier alpha value is -2.04. The predicted molar refractivity (Wildman–Crippen MR) is 103 cm³/mol. The van der Waals surface area contributed by atoms with Gasteiger partial charge in [0.15, 0.2) is 5.65 Å². The van der Waals surface area contributed by atoms with Crippen LogP contribution in [0, 0.1) is 17.8 Å². The van der Waals surface area contributed by atoms with Gasteiger partial charge in [-0.05, 0) is 30.7 Å². The smallest absolute Gasteiger partial charge is 0.180 e. The van der Waals surface area contributed by atoms with Crippen molar-refractivity contribution in [2.24, 2.45) is 17.8 Å². The zero-order chi connectivity index (χ0) is 17.1. The van der Waals surface area contributed by atoms with E-state index in [2.05, 4.69) is 33.7 Å². The van der Waals surface area contributed by atoms with Crippen molar-refractivity contribution in [3.63, 3.8) is 0 Å². The fourth-order valence-electron chi connectivity index (χ4n) is 3.66. The van der Waals surface area contributed by atoms with E-state index >= 15 is 0 Å². The molecule has 0 N–H and O–H groups in total. The Morgan fingerprint density at radius 1 is 1.24 bits per heavy atom. The topological polar surface area (TPSA) is 59.0 Å². The standard InChI is InChI=1S/C19H26N4O.CH4/c1-4-14(3)17(24)10-15-9-13(2)11-23(12-15)16-5-6-21-19-18(16)20-7-8-22-19;/h5-8,13-15H,4,9-12H2,1-3H3;1H4/t13-,14?,15-;/m0./s1. The highest BCUT2D eigenvalue weighted by atomic mass is 16.1. The molecule has 1 unspecified atom stereocenters. The van der Waals surface area contributed by atoms with Gasteiger partial charge < -0.3 is 4.90 Å². The first-order chi connectivity index (χ1) is 11.6. The molecular formula is C20H30N4O. The maximum Gasteiger partial charge on any atom is 0.180 e. The van der Waals surface area contributed by atoms with E-state index in [1.807, 2.05) is 13.0 Å². The summed E-state index contributed by atoms with van der Waals surface area (Å²) < 4.78 is 0. The highest BCUT2D eigenvalue weighted by Crippen LogP contribution is 2.31. The molecule has 25 heavy (non-hydrogen) atoms. The number of carbonyl (C=O) groups is 1. The number of piperidine rings is 1. The lowest BCUT2D eigenvalue weighted by atomic mass is 9.84. The first-order valence-electron chi connectivity index (χ1n) is 8.91. The molecule has 0 radical (unpaired) electrons. The van der Waals surface area contributed by atoms with Crippen LogP contribution in [0.4, 0.5) is 5.69 Å². The van der Waals surface area contributed by atoms with Crippen molar-refractivity contribution in [1.29, 1.82) is 0 Å². The number of Topliss-reactive ketones (excluding diaryl/α,β-unsaturated/α-hetero) is 1. The van der Waals surface area contributed by atoms with Crippen LogP contribution in [-0.2, 0) is 4.79 Å². The first kappa shape index (κ1) is 19.3. The molecule has 5 heteroatoms. The molecule has 136 valence electrons. The van der Waals surface area contributed by atoms with Gasteiger partial charge >= 0.3 is 0 Å². The van der Waals surface area contributed by atoms with E-state index in [1.165, 1.54) is 0 Å². The molecule has 1 aliphatic rings. The second kappa shape index (κ2) is 8.37. The number of ketones is 1. The first-order valence-corrected chi connectivity index (χ1v) is 8.91. The van der Waals surface area contributed by atoms with Gasteiger partial charge in [-0.3, -0.25) is 4.79 Å². The van der Waals surface area contributed by atoms with E-state index in [0.717, 1.165) is 37.1 Å². The van der Waals surface area contributed by atoms with Crippen LogP contribution in [0.1, 0.15) is 47.5 Å². The number of anilines is 1. The molecule has 3 heterocycles. The summed E-state index contributed by atoms with van der Waals surface area (Å²) in [6.45, 7) is 8.28. The van der Waals surface area contributed by atoms with Crippen molar-refractivity contribution in [2.75, 3.05) is 18.0 Å². The van der Waals surface area contributed by atoms with Crippen LogP contribution >= 0.6 is 0 Å². The van der Waals surface area contributed by atoms with Crippen LogP contribution in [0.15, 0.2) is 24.7 Å². The molecule has 3 rings (SSSR count). The Kier molecular flexibility index (Phi) is 6.45. The highest BCUT2D eigenvalue weighted by Gasteiger charge is 2.28. The molecule has 0 aromatic carbocycles. The van der Waals surface area contributed by atoms with Gasteiger partial charge in [0.1, 0.15) is 11.3 Å². The number of pyridine rings is 1. The Balaban J connectivity index is 0.00000225. The van der Waals surface area contributed by atoms with Crippen molar-refractivity contribution in [2.45, 2.75) is 47.5 Å². The quantitative estimate of drug-likeness (QED) is 0.818. The third kappa shape index (κ3) is 4.33. The maximum atomic E-state index is 12.4. The fraction of sp³-hybridized carbons (Fsp3) is 0.600. The molecule has 0 aliphatic carbocycles. The van der Waals surface area contributed by atoms with E-state index in [-0.39, 0.29) is 13.3 Å². The molecule has 0 spiro atoms.